The number of nitrogens with zero attached hydrogens (tertiary/aromatic N) is 2. The summed E-state index contributed by atoms with van der Waals surface area (Å²) >= 11 is 6.17. The summed E-state index contributed by atoms with van der Waals surface area (Å²) in [6.07, 6.45) is 2.29. The summed E-state index contributed by atoms with van der Waals surface area (Å²) < 4.78 is 4.83. The van der Waals surface area contributed by atoms with Gasteiger partial charge in [0, 0.05) is 23.7 Å². The van der Waals surface area contributed by atoms with Gasteiger partial charge < -0.3 is 19.9 Å². The van der Waals surface area contributed by atoms with Gasteiger partial charge in [-0.1, -0.05) is 37.6 Å². The molecule has 8 heteroatoms. The molecule has 2 heterocycles. The third-order valence-corrected chi connectivity index (χ3v) is 4.99. The van der Waals surface area contributed by atoms with Crippen molar-refractivity contribution >= 4 is 23.6 Å². The second-order valence-corrected chi connectivity index (χ2v) is 7.30. The van der Waals surface area contributed by atoms with E-state index < -0.39 is 12.0 Å². The molecule has 0 aliphatic carbocycles. The second kappa shape index (κ2) is 8.00. The van der Waals surface area contributed by atoms with Crippen LogP contribution in [0.4, 0.5) is 4.79 Å². The summed E-state index contributed by atoms with van der Waals surface area (Å²) in [4.78, 5) is 34.4. The Kier molecular flexibility index (Phi) is 5.70. The monoisotopic (exact) mass is 390 g/mol. The third-order valence-electron chi connectivity index (χ3n) is 4.75. The number of rotatable bonds is 4. The minimum absolute atomic E-state index is 0.100. The molecular formula is C19H23ClN4O3. The number of ether oxygens (including phenoxy) is 1. The molecule has 0 fully saturated rings. The van der Waals surface area contributed by atoms with E-state index in [4.69, 9.17) is 16.3 Å². The van der Waals surface area contributed by atoms with E-state index in [1.807, 2.05) is 32.0 Å². The van der Waals surface area contributed by atoms with Gasteiger partial charge in [-0.2, -0.15) is 0 Å². The number of carbonyl (C=O) groups excluding carboxylic acids is 2. The predicted molar refractivity (Wildman–Crippen MR) is 101 cm³/mol. The van der Waals surface area contributed by atoms with Crippen molar-refractivity contribution in [1.29, 1.82) is 0 Å². The molecule has 2 N–H and O–H groups in total. The highest BCUT2D eigenvalue weighted by Gasteiger charge is 2.36. The summed E-state index contributed by atoms with van der Waals surface area (Å²) in [5.74, 6) is -0.563. The second-order valence-electron chi connectivity index (χ2n) is 6.86. The Balaban J connectivity index is 1.93. The molecule has 2 unspecified atom stereocenters. The normalized spacial score (nSPS) is 17.4. The van der Waals surface area contributed by atoms with Crippen LogP contribution in [0.3, 0.4) is 0 Å². The third kappa shape index (κ3) is 3.93. The van der Waals surface area contributed by atoms with Crippen molar-refractivity contribution in [3.63, 3.8) is 0 Å². The number of fused-ring (bicyclic) bond motifs is 1. The SMILES string of the molecule is COC(=O)C(NC(=O)N1CCc2[nH]cnc2C1c1cccc(Cl)c1)C(C)C. The number of aromatic nitrogens is 2. The summed E-state index contributed by atoms with van der Waals surface area (Å²) in [5.41, 5.74) is 2.65. The number of amides is 2. The molecule has 1 aliphatic heterocycles. The molecule has 27 heavy (non-hydrogen) atoms. The fourth-order valence-corrected chi connectivity index (χ4v) is 3.55. The zero-order chi connectivity index (χ0) is 19.6. The number of hydrogen-bond donors (Lipinski definition) is 2. The first-order chi connectivity index (χ1) is 12.9. The number of H-pyrrole nitrogens is 1. The standard InChI is InChI=1S/C19H23ClN4O3/c1-11(2)15(18(25)27-3)23-19(26)24-8-7-14-16(22-10-21-14)17(24)12-5-4-6-13(20)9-12/h4-6,9-11,15,17H,7-8H2,1-3H3,(H,21,22)(H,23,26). The van der Waals surface area contributed by atoms with Crippen molar-refractivity contribution in [2.24, 2.45) is 5.92 Å². The van der Waals surface area contributed by atoms with Crippen molar-refractivity contribution in [2.45, 2.75) is 32.4 Å². The minimum Gasteiger partial charge on any atom is -0.467 e. The van der Waals surface area contributed by atoms with Crippen molar-refractivity contribution in [3.05, 3.63) is 52.6 Å². The zero-order valence-electron chi connectivity index (χ0n) is 15.5. The number of nitrogens with one attached hydrogen (secondary N) is 2. The molecule has 2 amide bonds. The largest absolute Gasteiger partial charge is 0.467 e. The van der Waals surface area contributed by atoms with E-state index in [-0.39, 0.29) is 18.0 Å². The maximum atomic E-state index is 13.1. The Hall–Kier alpha value is -2.54. The van der Waals surface area contributed by atoms with Crippen molar-refractivity contribution in [1.82, 2.24) is 20.2 Å². The highest BCUT2D eigenvalue weighted by Crippen LogP contribution is 2.34. The molecule has 0 radical (unpaired) electrons. The van der Waals surface area contributed by atoms with Crippen LogP contribution < -0.4 is 5.32 Å². The number of carbonyl (C=O) groups is 2. The molecular weight excluding hydrogens is 368 g/mol. The van der Waals surface area contributed by atoms with Gasteiger partial charge in [-0.05, 0) is 23.6 Å². The molecule has 0 spiro atoms. The summed E-state index contributed by atoms with van der Waals surface area (Å²) in [6, 6.07) is 5.94. The first-order valence-electron chi connectivity index (χ1n) is 8.85. The van der Waals surface area contributed by atoms with Crippen LogP contribution in [0.2, 0.25) is 5.02 Å². The lowest BCUT2D eigenvalue weighted by molar-refractivity contribution is -0.144. The van der Waals surface area contributed by atoms with Gasteiger partial charge in [0.05, 0.1) is 19.1 Å². The number of imidazole rings is 1. The molecule has 0 bridgehead atoms. The Morgan fingerprint density at radius 2 is 2.19 bits per heavy atom. The summed E-state index contributed by atoms with van der Waals surface area (Å²) in [6.45, 7) is 4.21. The lowest BCUT2D eigenvalue weighted by Gasteiger charge is -2.36. The maximum absolute atomic E-state index is 13.1. The van der Waals surface area contributed by atoms with Crippen LogP contribution in [0.1, 0.15) is 36.8 Å². The zero-order valence-corrected chi connectivity index (χ0v) is 16.3. The fourth-order valence-electron chi connectivity index (χ4n) is 3.35. The molecule has 2 atom stereocenters. The van der Waals surface area contributed by atoms with Gasteiger partial charge in [0.15, 0.2) is 0 Å². The van der Waals surface area contributed by atoms with Gasteiger partial charge in [0.25, 0.3) is 0 Å². The number of aromatic amines is 1. The molecule has 1 aliphatic rings. The van der Waals surface area contributed by atoms with E-state index in [2.05, 4.69) is 15.3 Å². The Bertz CT molecular complexity index is 836. The molecule has 1 aromatic carbocycles. The van der Waals surface area contributed by atoms with Crippen molar-refractivity contribution in [3.8, 4) is 0 Å². The Morgan fingerprint density at radius 3 is 2.85 bits per heavy atom. The number of methoxy groups -OCH3 is 1. The summed E-state index contributed by atoms with van der Waals surface area (Å²) in [5, 5.41) is 3.40. The number of halogens is 1. The van der Waals surface area contributed by atoms with Gasteiger partial charge in [-0.15, -0.1) is 0 Å². The summed E-state index contributed by atoms with van der Waals surface area (Å²) in [7, 11) is 1.32. The van der Waals surface area contributed by atoms with Gasteiger partial charge >= 0.3 is 12.0 Å². The highest BCUT2D eigenvalue weighted by molar-refractivity contribution is 6.30. The molecule has 0 saturated carbocycles. The Morgan fingerprint density at radius 1 is 1.41 bits per heavy atom. The van der Waals surface area contributed by atoms with Gasteiger partial charge in [-0.3, -0.25) is 0 Å². The molecule has 7 nitrogen and oxygen atoms in total. The van der Waals surface area contributed by atoms with Crippen molar-refractivity contribution in [2.75, 3.05) is 13.7 Å². The quantitative estimate of drug-likeness (QED) is 0.786. The first kappa shape index (κ1) is 19.2. The molecule has 0 saturated heterocycles. The van der Waals surface area contributed by atoms with E-state index in [1.54, 1.807) is 17.3 Å². The maximum Gasteiger partial charge on any atom is 0.328 e. The van der Waals surface area contributed by atoms with E-state index in [1.165, 1.54) is 7.11 Å². The number of hydrogen-bond acceptors (Lipinski definition) is 4. The molecule has 3 rings (SSSR count). The van der Waals surface area contributed by atoms with Gasteiger partial charge in [-0.25, -0.2) is 14.6 Å². The number of esters is 1. The fraction of sp³-hybridized carbons (Fsp3) is 0.421. The van der Waals surface area contributed by atoms with Crippen molar-refractivity contribution < 1.29 is 14.3 Å². The lowest BCUT2D eigenvalue weighted by atomic mass is 9.96. The topological polar surface area (TPSA) is 87.3 Å². The average Bonchev–Trinajstić information content (AvgIpc) is 3.12. The minimum atomic E-state index is -0.719. The molecule has 2 aromatic rings. The van der Waals surface area contributed by atoms with E-state index in [0.717, 1.165) is 17.0 Å². The lowest BCUT2D eigenvalue weighted by Crippen LogP contribution is -2.53. The Labute approximate surface area is 163 Å². The first-order valence-corrected chi connectivity index (χ1v) is 9.22. The number of urea groups is 1. The average molecular weight is 391 g/mol. The van der Waals surface area contributed by atoms with Crippen LogP contribution in [0, 0.1) is 5.92 Å². The van der Waals surface area contributed by atoms with Crippen LogP contribution in [0.25, 0.3) is 0 Å². The van der Waals surface area contributed by atoms with Crippen LogP contribution in [0.5, 0.6) is 0 Å². The van der Waals surface area contributed by atoms with Crippen LogP contribution >= 0.6 is 11.6 Å². The van der Waals surface area contributed by atoms with Crippen LogP contribution in [0.15, 0.2) is 30.6 Å². The van der Waals surface area contributed by atoms with E-state index in [9.17, 15) is 9.59 Å². The number of benzene rings is 1. The van der Waals surface area contributed by atoms with Crippen LogP contribution in [-0.2, 0) is 16.0 Å². The van der Waals surface area contributed by atoms with Crippen LogP contribution in [-0.4, -0.2) is 46.6 Å². The van der Waals surface area contributed by atoms with Gasteiger partial charge in [0.1, 0.15) is 12.1 Å². The molecule has 1 aromatic heterocycles. The highest BCUT2D eigenvalue weighted by atomic mass is 35.5. The predicted octanol–water partition coefficient (Wildman–Crippen LogP) is 2.92. The van der Waals surface area contributed by atoms with E-state index in [0.29, 0.717) is 18.0 Å². The molecule has 144 valence electrons. The smallest absolute Gasteiger partial charge is 0.328 e. The van der Waals surface area contributed by atoms with E-state index >= 15 is 0 Å². The van der Waals surface area contributed by atoms with Gasteiger partial charge in [0.2, 0.25) is 0 Å².